The van der Waals surface area contributed by atoms with Crippen LogP contribution in [0.5, 0.6) is 5.75 Å². The van der Waals surface area contributed by atoms with Gasteiger partial charge in [0.15, 0.2) is 0 Å². The Morgan fingerprint density at radius 2 is 0.660 bits per heavy atom. The number of aromatic nitrogens is 17. The van der Waals surface area contributed by atoms with Crippen molar-refractivity contribution in [3.05, 3.63) is 326 Å². The number of ether oxygens (including phenoxy) is 1. The van der Waals surface area contributed by atoms with E-state index in [2.05, 4.69) is 164 Å². The molecule has 0 bridgehead atoms. The molecule has 0 unspecified atom stereocenters. The number of methoxy groups -OCH3 is 1. The summed E-state index contributed by atoms with van der Waals surface area (Å²) in [5.41, 5.74) is 24.7. The van der Waals surface area contributed by atoms with Crippen LogP contribution in [0.3, 0.4) is 0 Å². The highest BCUT2D eigenvalue weighted by atomic mass is 16.5. The number of carbonyl (C=O) groups is 6. The van der Waals surface area contributed by atoms with E-state index in [9.17, 15) is 28.8 Å². The minimum Gasteiger partial charge on any atom is -0.497 e. The van der Waals surface area contributed by atoms with E-state index in [0.717, 1.165) is 260 Å². The second kappa shape index (κ2) is 40.9. The molecule has 0 atom stereocenters. The molecule has 15 aromatic heterocycles. The third kappa shape index (κ3) is 19.4. The van der Waals surface area contributed by atoms with Crippen molar-refractivity contribution in [2.24, 2.45) is 14.1 Å². The molecule has 8 N–H and O–H groups in total. The monoisotopic (exact) mass is 1910 g/mol. The summed E-state index contributed by atoms with van der Waals surface area (Å²) in [6, 6.07) is 60.9. The minimum absolute atomic E-state index is 0.0625. The fourth-order valence-corrected chi connectivity index (χ4v) is 18.6. The lowest BCUT2D eigenvalue weighted by Crippen LogP contribution is -2.42. The summed E-state index contributed by atoms with van der Waals surface area (Å²) in [5.74, 6) is 1.06. The van der Waals surface area contributed by atoms with Gasteiger partial charge >= 0.3 is 0 Å². The van der Waals surface area contributed by atoms with Gasteiger partial charge in [-0.15, -0.1) is 0 Å². The van der Waals surface area contributed by atoms with Crippen LogP contribution in [0.1, 0.15) is 106 Å². The van der Waals surface area contributed by atoms with Gasteiger partial charge < -0.3 is 74.3 Å². The Kier molecular flexibility index (Phi) is 26.2. The maximum atomic E-state index is 12.7. The summed E-state index contributed by atoms with van der Waals surface area (Å²) < 4.78 is 8.72. The number of rotatable bonds is 17. The Hall–Kier alpha value is -17.9. The Bertz CT molecular complexity index is 8320. The smallest absolute Gasteiger partial charge is 0.255 e. The first-order valence-corrected chi connectivity index (χ1v) is 48.5. The average Bonchev–Trinajstić information content (AvgIpc) is 1.66. The molecule has 5 fully saturated rings. The number of benzene rings is 6. The quantitative estimate of drug-likeness (QED) is 0.0420. The number of pyridine rings is 6. The zero-order valence-electron chi connectivity index (χ0n) is 80.4. The number of fused-ring (bicyclic) bond motifs is 8. The Labute approximate surface area is 827 Å². The van der Waals surface area contributed by atoms with Crippen LogP contribution in [-0.2, 0) is 20.5 Å². The van der Waals surface area contributed by atoms with Gasteiger partial charge in [0.25, 0.3) is 35.4 Å². The first-order valence-electron chi connectivity index (χ1n) is 48.5. The SMILES string of the molecule is CN(C)c1ccc(-c2c[nH]c3ncc(C(=O)N4CCC4)cc23)cc1.COc1ccc(-c2c[nH]c3ncc(C(=O)N4CCC4)cc23)cc1.Cn1cc(-c2c[nH]c3ncc(C(=O)N4CCCC4)cc23)cn1.Cn1cc(-c2c[nH]c3ncc(C(=O)NCCc4c[nH]c5ccccc45)cc23)cn1.O=C(c1cnc2[nH]cc(-c3ccc4ccccc4c3)c2c1)N1CCC1.O=C(c1cnc2[nH]cc(-c3ccccc3)c2c1)N1CCC1. The predicted molar refractivity (Wildman–Crippen MR) is 563 cm³/mol. The lowest BCUT2D eigenvalue weighted by atomic mass is 10.0. The van der Waals surface area contributed by atoms with E-state index in [0.29, 0.717) is 39.9 Å². The predicted octanol–water partition coefficient (Wildman–Crippen LogP) is 19.1. The zero-order chi connectivity index (χ0) is 98.4. The van der Waals surface area contributed by atoms with Gasteiger partial charge in [-0.05, 0) is 156 Å². The molecule has 26 rings (SSSR count). The number of amides is 6. The number of para-hydroxylation sites is 1. The molecular formula is C113H106N24O7. The van der Waals surface area contributed by atoms with Crippen molar-refractivity contribution < 1.29 is 33.5 Å². The van der Waals surface area contributed by atoms with Crippen LogP contribution in [-0.4, -0.2) is 237 Å². The summed E-state index contributed by atoms with van der Waals surface area (Å²) in [7, 11) is 9.47. The van der Waals surface area contributed by atoms with Gasteiger partial charge in [0, 0.05) is 287 Å². The number of H-pyrrole nitrogens is 7. The van der Waals surface area contributed by atoms with Crippen molar-refractivity contribution in [2.75, 3.05) is 98.1 Å². The number of hydrogen-bond donors (Lipinski definition) is 8. The third-order valence-corrected chi connectivity index (χ3v) is 27.3. The molecular weight excluding hydrogens is 1810 g/mol. The van der Waals surface area contributed by atoms with Crippen LogP contribution >= 0.6 is 0 Å². The molecule has 720 valence electrons. The summed E-state index contributed by atoms with van der Waals surface area (Å²) in [6.07, 6.45) is 38.4. The zero-order valence-corrected chi connectivity index (χ0v) is 80.4. The number of carbonyl (C=O) groups excluding carboxylic acids is 6. The standard InChI is InChI=1S/C22H20N6O.C21H17N3O.C19H20N4O.C18H17N3O2.C17H15N3O.C16H17N5O/c1-28-13-16(11-27-28)19-12-26-21-18(19)8-15(10-25-21)22(29)23-7-6-14-9-24-20-5-3-2-4-17(14)20;25-21(24-8-3-9-24)17-11-18-19(13-23-20(18)22-12-17)16-7-6-14-4-1-2-5-15(14)10-16;1-22(2)15-6-4-13(5-7-15)17-12-21-18-16(17)10-14(11-20-18)19(24)23-8-3-9-23;1-23-14-5-3-12(4-6-14)16-11-20-17-15(16)9-13(10-19-17)18(22)21-7-2-8-21;21-17(20-7-4-8-20)13-9-14-15(11-19-16(14)18-10-13)12-5-2-1-3-6-12;1-20-10-12(8-19-20)14-9-18-15-13(14)6-11(7-17-15)16(22)21-4-2-3-5-21/h2-5,8-13,24H,6-7H2,1H3,(H,23,29)(H,25,26);1-2,4-7,10-13H,3,8-9H2,(H,22,23);4-7,10-12H,3,8-9H2,1-2H3,(H,20,21);3-6,9-11H,2,7-8H2,1H3,(H,19,20);1-3,5-6,9-11H,4,7-8H2,(H,18,19);6-10H,2-5H2,1H3,(H,17,18). The Balaban J connectivity index is 0.000000102. The average molecular weight is 1910 g/mol. The van der Waals surface area contributed by atoms with Crippen LogP contribution < -0.4 is 15.0 Å². The van der Waals surface area contributed by atoms with Gasteiger partial charge in [-0.25, -0.2) is 29.9 Å². The van der Waals surface area contributed by atoms with E-state index in [-0.39, 0.29) is 35.4 Å². The van der Waals surface area contributed by atoms with Crippen LogP contribution in [0.25, 0.3) is 155 Å². The van der Waals surface area contributed by atoms with Gasteiger partial charge in [0.05, 0.1) is 52.9 Å². The Morgan fingerprint density at radius 1 is 0.326 bits per heavy atom. The fraction of sp³-hybridized carbons (Fsp3) is 0.204. The topological polar surface area (TPSA) is 367 Å². The highest BCUT2D eigenvalue weighted by Gasteiger charge is 2.29. The fourth-order valence-electron chi connectivity index (χ4n) is 18.6. The van der Waals surface area contributed by atoms with Crippen LogP contribution in [0.4, 0.5) is 5.69 Å². The molecule has 0 aliphatic carbocycles. The van der Waals surface area contributed by atoms with Gasteiger partial charge in [-0.1, -0.05) is 109 Å². The number of hydrogen-bond acceptors (Lipinski definition) is 16. The van der Waals surface area contributed by atoms with Crippen molar-refractivity contribution in [3.8, 4) is 72.5 Å². The molecule has 0 radical (unpaired) electrons. The second-order valence-corrected chi connectivity index (χ2v) is 36.8. The molecule has 6 aromatic carbocycles. The molecule has 0 spiro atoms. The van der Waals surface area contributed by atoms with Gasteiger partial charge in [0.1, 0.15) is 39.6 Å². The highest BCUT2D eigenvalue weighted by Crippen LogP contribution is 2.38. The molecule has 5 aliphatic rings. The normalized spacial score (nSPS) is 13.6. The third-order valence-electron chi connectivity index (χ3n) is 27.3. The highest BCUT2D eigenvalue weighted by molar-refractivity contribution is 6.08. The van der Waals surface area contributed by atoms with E-state index in [4.69, 9.17) is 4.74 Å². The van der Waals surface area contributed by atoms with E-state index in [1.807, 2.05) is 218 Å². The lowest BCUT2D eigenvalue weighted by Gasteiger charge is -2.30. The summed E-state index contributed by atoms with van der Waals surface area (Å²) in [4.78, 5) is 135. The maximum absolute atomic E-state index is 12.7. The van der Waals surface area contributed by atoms with Gasteiger partial charge in [-0.2, -0.15) is 10.2 Å². The van der Waals surface area contributed by atoms with Crippen molar-refractivity contribution in [2.45, 2.75) is 44.9 Å². The molecule has 21 aromatic rings. The van der Waals surface area contributed by atoms with E-state index in [1.54, 1.807) is 59.9 Å². The molecule has 5 saturated heterocycles. The molecule has 20 heterocycles. The number of likely N-dealkylation sites (tertiary alicyclic amines) is 5. The van der Waals surface area contributed by atoms with E-state index < -0.39 is 0 Å². The Morgan fingerprint density at radius 3 is 1.03 bits per heavy atom. The van der Waals surface area contributed by atoms with Crippen LogP contribution in [0, 0.1) is 0 Å². The number of nitrogens with one attached hydrogen (secondary N) is 8. The van der Waals surface area contributed by atoms with Crippen molar-refractivity contribution in [3.63, 3.8) is 0 Å². The maximum Gasteiger partial charge on any atom is 0.255 e. The van der Waals surface area contributed by atoms with Crippen molar-refractivity contribution in [1.29, 1.82) is 0 Å². The summed E-state index contributed by atoms with van der Waals surface area (Å²) in [6.45, 7) is 9.05. The van der Waals surface area contributed by atoms with E-state index >= 15 is 0 Å². The van der Waals surface area contributed by atoms with E-state index in [1.165, 1.54) is 21.7 Å². The summed E-state index contributed by atoms with van der Waals surface area (Å²) in [5, 5.41) is 20.8. The molecule has 5 aliphatic heterocycles. The van der Waals surface area contributed by atoms with Crippen LogP contribution in [0.15, 0.2) is 287 Å². The number of aryl methyl sites for hydroxylation is 2. The first kappa shape index (κ1) is 92.5. The number of aromatic amines is 7. The minimum atomic E-state index is -0.127. The van der Waals surface area contributed by atoms with Crippen molar-refractivity contribution in [1.82, 2.24) is 114 Å². The first-order chi connectivity index (χ1) is 70.4. The molecule has 31 heteroatoms. The van der Waals surface area contributed by atoms with Gasteiger partial charge in [0.2, 0.25) is 0 Å². The largest absolute Gasteiger partial charge is 0.497 e. The second-order valence-electron chi connectivity index (χ2n) is 36.8. The number of anilines is 1. The van der Waals surface area contributed by atoms with Crippen LogP contribution in [0.2, 0.25) is 0 Å². The molecule has 0 saturated carbocycles. The number of nitrogens with zero attached hydrogens (tertiary/aromatic N) is 16. The molecule has 144 heavy (non-hydrogen) atoms. The van der Waals surface area contributed by atoms with Crippen molar-refractivity contribution >= 4 is 129 Å². The molecule has 6 amide bonds. The molecule has 31 nitrogen and oxygen atoms in total. The van der Waals surface area contributed by atoms with Gasteiger partial charge in [-0.3, -0.25) is 38.1 Å². The summed E-state index contributed by atoms with van der Waals surface area (Å²) >= 11 is 0. The lowest BCUT2D eigenvalue weighted by molar-refractivity contribution is 0.0644.